The fourth-order valence-corrected chi connectivity index (χ4v) is 2.41. The zero-order valence-electron chi connectivity index (χ0n) is 14.2. The van der Waals surface area contributed by atoms with Crippen LogP contribution in [0.4, 0.5) is 5.82 Å². The highest BCUT2D eigenvalue weighted by molar-refractivity contribution is 5.86. The molecule has 0 spiro atoms. The molecule has 1 N–H and O–H groups in total. The van der Waals surface area contributed by atoms with Crippen LogP contribution in [-0.4, -0.2) is 51.8 Å². The second-order valence-electron chi connectivity index (χ2n) is 5.98. The summed E-state index contributed by atoms with van der Waals surface area (Å²) in [5.41, 5.74) is 3.32. The van der Waals surface area contributed by atoms with E-state index in [0.29, 0.717) is 6.54 Å². The number of hydrogen-bond acceptors (Lipinski definition) is 5. The molecule has 0 saturated carbocycles. The lowest BCUT2D eigenvalue weighted by atomic mass is 10.1. The zero-order valence-corrected chi connectivity index (χ0v) is 15.0. The maximum Gasteiger partial charge on any atom is 0.163 e. The van der Waals surface area contributed by atoms with Gasteiger partial charge in [0.05, 0.1) is 18.1 Å². The van der Waals surface area contributed by atoms with E-state index in [2.05, 4.69) is 70.6 Å². The molecule has 3 rings (SSSR count). The van der Waals surface area contributed by atoms with Crippen LogP contribution >= 0.6 is 12.4 Å². The molecule has 0 atom stereocenters. The van der Waals surface area contributed by atoms with E-state index in [0.717, 1.165) is 29.9 Å². The van der Waals surface area contributed by atoms with E-state index in [-0.39, 0.29) is 12.4 Å². The van der Waals surface area contributed by atoms with Gasteiger partial charge in [0.1, 0.15) is 12.1 Å². The molecule has 1 aromatic carbocycles. The molecular formula is C17H23ClN6. The number of fused-ring (bicyclic) bond motifs is 1. The fraction of sp³-hybridized carbons (Fsp3) is 0.353. The number of nitrogens with one attached hydrogen (secondary N) is 1. The van der Waals surface area contributed by atoms with Gasteiger partial charge in [-0.1, -0.05) is 29.8 Å². The Balaban J connectivity index is 0.00000208. The first-order chi connectivity index (χ1) is 11.1. The van der Waals surface area contributed by atoms with Gasteiger partial charge in [-0.15, -0.1) is 12.4 Å². The monoisotopic (exact) mass is 346 g/mol. The molecule has 0 amide bonds. The molecule has 2 heterocycles. The van der Waals surface area contributed by atoms with Crippen molar-refractivity contribution in [2.45, 2.75) is 13.5 Å². The standard InChI is InChI=1S/C17H22N6.ClH/c1-13-4-6-14(7-5-13)11-23-17-15(10-21-23)16(19-12-20-17)18-8-9-22(2)3;/h4-7,10,12H,8-9,11H2,1-3H3,(H,18,19,20);1H. The molecule has 0 aliphatic rings. The van der Waals surface area contributed by atoms with E-state index >= 15 is 0 Å². The predicted molar refractivity (Wildman–Crippen MR) is 99.9 cm³/mol. The van der Waals surface area contributed by atoms with Crippen LogP contribution < -0.4 is 5.32 Å². The van der Waals surface area contributed by atoms with E-state index in [1.54, 1.807) is 6.33 Å². The van der Waals surface area contributed by atoms with Gasteiger partial charge in [0, 0.05) is 13.1 Å². The second kappa shape index (κ2) is 8.08. The first kappa shape index (κ1) is 18.2. The molecule has 0 aliphatic carbocycles. The number of benzene rings is 1. The molecule has 24 heavy (non-hydrogen) atoms. The van der Waals surface area contributed by atoms with Crippen molar-refractivity contribution in [1.29, 1.82) is 0 Å². The lowest BCUT2D eigenvalue weighted by Gasteiger charge is -2.11. The lowest BCUT2D eigenvalue weighted by molar-refractivity contribution is 0.425. The third-order valence-corrected chi connectivity index (χ3v) is 3.74. The summed E-state index contributed by atoms with van der Waals surface area (Å²) in [6.45, 7) is 4.58. The van der Waals surface area contributed by atoms with Crippen LogP contribution in [0.25, 0.3) is 11.0 Å². The molecule has 0 saturated heterocycles. The third kappa shape index (κ3) is 4.21. The predicted octanol–water partition coefficient (Wildman–Crippen LogP) is 2.58. The summed E-state index contributed by atoms with van der Waals surface area (Å²) in [4.78, 5) is 10.9. The molecular weight excluding hydrogens is 324 g/mol. The van der Waals surface area contributed by atoms with Gasteiger partial charge >= 0.3 is 0 Å². The van der Waals surface area contributed by atoms with Crippen molar-refractivity contribution in [3.8, 4) is 0 Å². The van der Waals surface area contributed by atoms with Crippen molar-refractivity contribution < 1.29 is 0 Å². The van der Waals surface area contributed by atoms with Gasteiger partial charge in [0.2, 0.25) is 0 Å². The molecule has 128 valence electrons. The van der Waals surface area contributed by atoms with Crippen molar-refractivity contribution in [2.75, 3.05) is 32.5 Å². The van der Waals surface area contributed by atoms with Crippen LogP contribution in [0.2, 0.25) is 0 Å². The van der Waals surface area contributed by atoms with Crippen molar-refractivity contribution in [1.82, 2.24) is 24.6 Å². The number of aryl methyl sites for hydroxylation is 1. The van der Waals surface area contributed by atoms with Crippen LogP contribution in [0.1, 0.15) is 11.1 Å². The minimum Gasteiger partial charge on any atom is -0.368 e. The number of halogens is 1. The molecule has 6 nitrogen and oxygen atoms in total. The van der Waals surface area contributed by atoms with E-state index in [9.17, 15) is 0 Å². The number of anilines is 1. The highest BCUT2D eigenvalue weighted by Crippen LogP contribution is 2.19. The zero-order chi connectivity index (χ0) is 16.2. The van der Waals surface area contributed by atoms with Gasteiger partial charge in [-0.05, 0) is 26.6 Å². The van der Waals surface area contributed by atoms with Crippen molar-refractivity contribution in [3.05, 3.63) is 47.9 Å². The van der Waals surface area contributed by atoms with Gasteiger partial charge in [0.15, 0.2) is 5.65 Å². The van der Waals surface area contributed by atoms with Crippen LogP contribution in [-0.2, 0) is 6.54 Å². The number of likely N-dealkylation sites (N-methyl/N-ethyl adjacent to an activating group) is 1. The summed E-state index contributed by atoms with van der Waals surface area (Å²) in [6.07, 6.45) is 3.43. The van der Waals surface area contributed by atoms with Gasteiger partial charge < -0.3 is 10.2 Å². The van der Waals surface area contributed by atoms with Crippen molar-refractivity contribution in [3.63, 3.8) is 0 Å². The Morgan fingerprint density at radius 2 is 1.88 bits per heavy atom. The molecule has 0 bridgehead atoms. The number of aromatic nitrogens is 4. The topological polar surface area (TPSA) is 58.9 Å². The number of nitrogens with zero attached hydrogens (tertiary/aromatic N) is 5. The van der Waals surface area contributed by atoms with E-state index in [1.165, 1.54) is 11.1 Å². The highest BCUT2D eigenvalue weighted by Gasteiger charge is 2.09. The van der Waals surface area contributed by atoms with Gasteiger partial charge in [-0.3, -0.25) is 0 Å². The lowest BCUT2D eigenvalue weighted by Crippen LogP contribution is -2.21. The number of hydrogen-bond donors (Lipinski definition) is 1. The Hall–Kier alpha value is -2.18. The second-order valence-corrected chi connectivity index (χ2v) is 5.98. The quantitative estimate of drug-likeness (QED) is 0.743. The summed E-state index contributed by atoms with van der Waals surface area (Å²) < 4.78 is 1.92. The molecule has 0 unspecified atom stereocenters. The average Bonchev–Trinajstić information content (AvgIpc) is 2.93. The van der Waals surface area contributed by atoms with E-state index in [4.69, 9.17) is 0 Å². The van der Waals surface area contributed by atoms with Crippen molar-refractivity contribution in [2.24, 2.45) is 0 Å². The molecule has 7 heteroatoms. The maximum absolute atomic E-state index is 4.48. The number of rotatable bonds is 6. The Bertz CT molecular complexity index is 781. The molecule has 0 aliphatic heterocycles. The van der Waals surface area contributed by atoms with Gasteiger partial charge in [-0.25, -0.2) is 14.6 Å². The molecule has 3 aromatic rings. The average molecular weight is 347 g/mol. The summed E-state index contributed by atoms with van der Waals surface area (Å²) in [5, 5.41) is 8.79. The Kier molecular flexibility index (Phi) is 6.11. The highest BCUT2D eigenvalue weighted by atomic mass is 35.5. The smallest absolute Gasteiger partial charge is 0.163 e. The molecule has 2 aromatic heterocycles. The minimum absolute atomic E-state index is 0. The SMILES string of the molecule is Cc1ccc(Cn2ncc3c(NCCN(C)C)ncnc32)cc1.Cl. The summed E-state index contributed by atoms with van der Waals surface area (Å²) in [7, 11) is 4.10. The first-order valence-electron chi connectivity index (χ1n) is 7.74. The molecule has 0 radical (unpaired) electrons. The van der Waals surface area contributed by atoms with Gasteiger partial charge in [0.25, 0.3) is 0 Å². The Labute approximate surface area is 148 Å². The minimum atomic E-state index is 0. The van der Waals surface area contributed by atoms with Crippen molar-refractivity contribution >= 4 is 29.3 Å². The summed E-state index contributed by atoms with van der Waals surface area (Å²) in [5.74, 6) is 0.840. The summed E-state index contributed by atoms with van der Waals surface area (Å²) in [6, 6.07) is 8.48. The summed E-state index contributed by atoms with van der Waals surface area (Å²) >= 11 is 0. The maximum atomic E-state index is 4.48. The van der Waals surface area contributed by atoms with Crippen LogP contribution in [0.15, 0.2) is 36.8 Å². The fourth-order valence-electron chi connectivity index (χ4n) is 2.41. The van der Waals surface area contributed by atoms with E-state index in [1.807, 2.05) is 10.9 Å². The Morgan fingerprint density at radius 3 is 2.58 bits per heavy atom. The first-order valence-corrected chi connectivity index (χ1v) is 7.74. The van der Waals surface area contributed by atoms with Crippen LogP contribution in [0, 0.1) is 6.92 Å². The molecule has 0 fully saturated rings. The van der Waals surface area contributed by atoms with E-state index < -0.39 is 0 Å². The normalized spacial score (nSPS) is 10.8. The third-order valence-electron chi connectivity index (χ3n) is 3.74. The van der Waals surface area contributed by atoms with Crippen LogP contribution in [0.3, 0.4) is 0 Å². The van der Waals surface area contributed by atoms with Crippen LogP contribution in [0.5, 0.6) is 0 Å². The largest absolute Gasteiger partial charge is 0.368 e. The van der Waals surface area contributed by atoms with Gasteiger partial charge in [-0.2, -0.15) is 5.10 Å². The Morgan fingerprint density at radius 1 is 1.12 bits per heavy atom.